The topological polar surface area (TPSA) is 50.9 Å². The van der Waals surface area contributed by atoms with Crippen molar-refractivity contribution in [1.82, 2.24) is 14.8 Å². The molecule has 23 heavy (non-hydrogen) atoms. The highest BCUT2D eigenvalue weighted by molar-refractivity contribution is 7.99. The van der Waals surface area contributed by atoms with Crippen LogP contribution in [0.2, 0.25) is 0 Å². The number of nitrogens with zero attached hydrogens (tertiary/aromatic N) is 3. The number of hydrogen-bond donors (Lipinski definition) is 1. The second-order valence-corrected chi connectivity index (χ2v) is 5.80. The van der Waals surface area contributed by atoms with Crippen molar-refractivity contribution in [3.63, 3.8) is 0 Å². The highest BCUT2D eigenvalue weighted by Gasteiger charge is 2.16. The Morgan fingerprint density at radius 1 is 1.13 bits per heavy atom. The maximum absolute atomic E-state index is 13.7. The molecular formula is C16H13F2N3OS. The first kappa shape index (κ1) is 15.6. The number of aromatic nitrogens is 3. The highest BCUT2D eigenvalue weighted by Crippen LogP contribution is 2.26. The molecule has 0 saturated heterocycles. The van der Waals surface area contributed by atoms with Gasteiger partial charge < -0.3 is 5.11 Å². The summed E-state index contributed by atoms with van der Waals surface area (Å²) in [7, 11) is 0. The first-order valence-electron chi connectivity index (χ1n) is 6.86. The standard InChI is InChI=1S/C16H13F2N3OS/c17-11-6-7-13(14(18)8-11)15(22)9-23-16-20-19-10-21(16)12-4-2-1-3-5-12/h1-8,10,15,22H,9H2. The van der Waals surface area contributed by atoms with Crippen LogP contribution in [0.5, 0.6) is 0 Å². The van der Waals surface area contributed by atoms with Crippen LogP contribution in [0, 0.1) is 11.6 Å². The van der Waals surface area contributed by atoms with Gasteiger partial charge in [0.05, 0.1) is 6.10 Å². The maximum atomic E-state index is 13.7. The van der Waals surface area contributed by atoms with E-state index in [0.29, 0.717) is 5.16 Å². The Morgan fingerprint density at radius 3 is 2.65 bits per heavy atom. The summed E-state index contributed by atoms with van der Waals surface area (Å²) < 4.78 is 28.4. The molecule has 0 aliphatic heterocycles. The molecule has 0 radical (unpaired) electrons. The fourth-order valence-electron chi connectivity index (χ4n) is 2.10. The van der Waals surface area contributed by atoms with Crippen molar-refractivity contribution in [3.05, 3.63) is 72.1 Å². The normalized spacial score (nSPS) is 12.3. The second-order valence-electron chi connectivity index (χ2n) is 4.81. The Morgan fingerprint density at radius 2 is 1.91 bits per heavy atom. The lowest BCUT2D eigenvalue weighted by atomic mass is 10.1. The first-order chi connectivity index (χ1) is 11.1. The van der Waals surface area contributed by atoms with Gasteiger partial charge in [-0.05, 0) is 18.2 Å². The molecule has 0 spiro atoms. The molecule has 3 rings (SSSR count). The molecule has 7 heteroatoms. The molecule has 0 saturated carbocycles. The number of rotatable bonds is 5. The van der Waals surface area contributed by atoms with E-state index >= 15 is 0 Å². The van der Waals surface area contributed by atoms with Gasteiger partial charge in [-0.25, -0.2) is 8.78 Å². The number of aliphatic hydroxyl groups excluding tert-OH is 1. The van der Waals surface area contributed by atoms with Crippen LogP contribution in [-0.2, 0) is 0 Å². The molecule has 1 N–H and O–H groups in total. The third-order valence-corrected chi connectivity index (χ3v) is 4.26. The number of benzene rings is 2. The molecule has 0 aliphatic carbocycles. The predicted molar refractivity (Wildman–Crippen MR) is 83.4 cm³/mol. The fraction of sp³-hybridized carbons (Fsp3) is 0.125. The number of hydrogen-bond acceptors (Lipinski definition) is 4. The number of para-hydroxylation sites is 1. The monoisotopic (exact) mass is 333 g/mol. The van der Waals surface area contributed by atoms with Crippen LogP contribution < -0.4 is 0 Å². The minimum absolute atomic E-state index is 0.0599. The van der Waals surface area contributed by atoms with Crippen molar-refractivity contribution in [2.24, 2.45) is 0 Å². The van der Waals surface area contributed by atoms with E-state index in [1.54, 1.807) is 10.9 Å². The summed E-state index contributed by atoms with van der Waals surface area (Å²) >= 11 is 1.24. The van der Waals surface area contributed by atoms with Crippen molar-refractivity contribution in [3.8, 4) is 5.69 Å². The predicted octanol–water partition coefficient (Wildman–Crippen LogP) is 3.37. The third-order valence-electron chi connectivity index (χ3n) is 3.24. The first-order valence-corrected chi connectivity index (χ1v) is 7.85. The highest BCUT2D eigenvalue weighted by atomic mass is 32.2. The quantitative estimate of drug-likeness (QED) is 0.727. The van der Waals surface area contributed by atoms with Gasteiger partial charge in [0.25, 0.3) is 0 Å². The van der Waals surface area contributed by atoms with E-state index in [1.807, 2.05) is 30.3 Å². The van der Waals surface area contributed by atoms with Gasteiger partial charge in [-0.3, -0.25) is 4.57 Å². The van der Waals surface area contributed by atoms with Crippen molar-refractivity contribution in [2.75, 3.05) is 5.75 Å². The summed E-state index contributed by atoms with van der Waals surface area (Å²) in [6, 6.07) is 12.6. The maximum Gasteiger partial charge on any atom is 0.195 e. The minimum atomic E-state index is -1.07. The molecule has 1 heterocycles. The molecule has 0 bridgehead atoms. The minimum Gasteiger partial charge on any atom is -0.387 e. The van der Waals surface area contributed by atoms with Crippen LogP contribution in [0.25, 0.3) is 5.69 Å². The van der Waals surface area contributed by atoms with Gasteiger partial charge in [0.2, 0.25) is 0 Å². The van der Waals surface area contributed by atoms with E-state index < -0.39 is 17.7 Å². The SMILES string of the molecule is OC(CSc1nncn1-c1ccccc1)c1ccc(F)cc1F. The Bertz CT molecular complexity index is 795. The summed E-state index contributed by atoms with van der Waals surface area (Å²) in [4.78, 5) is 0. The van der Waals surface area contributed by atoms with E-state index in [-0.39, 0.29) is 11.3 Å². The third kappa shape index (κ3) is 3.57. The molecule has 0 aliphatic rings. The van der Waals surface area contributed by atoms with E-state index in [9.17, 15) is 13.9 Å². The second kappa shape index (κ2) is 6.89. The van der Waals surface area contributed by atoms with Crippen molar-refractivity contribution < 1.29 is 13.9 Å². The summed E-state index contributed by atoms with van der Waals surface area (Å²) in [5, 5.41) is 18.6. The van der Waals surface area contributed by atoms with Crippen LogP contribution in [0.3, 0.4) is 0 Å². The molecule has 1 atom stereocenters. The summed E-state index contributed by atoms with van der Waals surface area (Å²) in [6.07, 6.45) is 0.504. The van der Waals surface area contributed by atoms with Gasteiger partial charge in [-0.1, -0.05) is 36.0 Å². The summed E-state index contributed by atoms with van der Waals surface area (Å²) in [6.45, 7) is 0. The van der Waals surface area contributed by atoms with Gasteiger partial charge in [-0.2, -0.15) is 0 Å². The largest absolute Gasteiger partial charge is 0.387 e. The Hall–Kier alpha value is -2.25. The number of aliphatic hydroxyl groups is 1. The lowest BCUT2D eigenvalue weighted by Gasteiger charge is -2.12. The lowest BCUT2D eigenvalue weighted by molar-refractivity contribution is 0.198. The zero-order valence-corrected chi connectivity index (χ0v) is 12.8. The molecular weight excluding hydrogens is 320 g/mol. The van der Waals surface area contributed by atoms with Crippen LogP contribution in [-0.4, -0.2) is 25.6 Å². The van der Waals surface area contributed by atoms with Crippen molar-refractivity contribution in [1.29, 1.82) is 0 Å². The van der Waals surface area contributed by atoms with Crippen LogP contribution in [0.15, 0.2) is 60.0 Å². The molecule has 3 aromatic rings. The Balaban J connectivity index is 1.73. The number of halogens is 2. The molecule has 118 valence electrons. The Kier molecular flexibility index (Phi) is 4.68. The fourth-order valence-corrected chi connectivity index (χ4v) is 2.99. The van der Waals surface area contributed by atoms with Gasteiger partial charge >= 0.3 is 0 Å². The number of thioether (sulfide) groups is 1. The van der Waals surface area contributed by atoms with Gasteiger partial charge in [-0.15, -0.1) is 10.2 Å². The molecule has 0 fully saturated rings. The molecule has 1 aromatic heterocycles. The average molecular weight is 333 g/mol. The summed E-state index contributed by atoms with van der Waals surface area (Å²) in [5.74, 6) is -1.26. The summed E-state index contributed by atoms with van der Waals surface area (Å²) in [5.41, 5.74) is 0.951. The van der Waals surface area contributed by atoms with Gasteiger partial charge in [0.15, 0.2) is 5.16 Å². The molecule has 2 aromatic carbocycles. The van der Waals surface area contributed by atoms with E-state index in [4.69, 9.17) is 0 Å². The van der Waals surface area contributed by atoms with Crippen LogP contribution >= 0.6 is 11.8 Å². The Labute approximate surface area is 135 Å². The smallest absolute Gasteiger partial charge is 0.195 e. The van der Waals surface area contributed by atoms with Crippen molar-refractivity contribution >= 4 is 11.8 Å². The van der Waals surface area contributed by atoms with Crippen molar-refractivity contribution in [2.45, 2.75) is 11.3 Å². The average Bonchev–Trinajstić information content (AvgIpc) is 3.02. The zero-order chi connectivity index (χ0) is 16.2. The van der Waals surface area contributed by atoms with Crippen LogP contribution in [0.4, 0.5) is 8.78 Å². The molecule has 4 nitrogen and oxygen atoms in total. The molecule has 0 amide bonds. The van der Waals surface area contributed by atoms with E-state index in [0.717, 1.165) is 17.8 Å². The van der Waals surface area contributed by atoms with E-state index in [2.05, 4.69) is 10.2 Å². The van der Waals surface area contributed by atoms with Gasteiger partial charge in [0.1, 0.15) is 18.0 Å². The van der Waals surface area contributed by atoms with Gasteiger partial charge in [0, 0.05) is 23.1 Å². The zero-order valence-electron chi connectivity index (χ0n) is 11.9. The van der Waals surface area contributed by atoms with E-state index in [1.165, 1.54) is 17.8 Å². The molecule has 1 unspecified atom stereocenters. The van der Waals surface area contributed by atoms with Crippen LogP contribution in [0.1, 0.15) is 11.7 Å². The lowest BCUT2D eigenvalue weighted by Crippen LogP contribution is -2.05.